The maximum absolute atomic E-state index is 13.0. The SMILES string of the molecule is NNCc1c(F)ccc(Cl)c1F. The number of hydrogen-bond acceptors (Lipinski definition) is 2. The molecule has 0 bridgehead atoms. The van der Waals surface area contributed by atoms with E-state index in [1.807, 2.05) is 0 Å². The van der Waals surface area contributed by atoms with Crippen molar-refractivity contribution in [1.82, 2.24) is 5.43 Å². The molecule has 0 aliphatic heterocycles. The van der Waals surface area contributed by atoms with Crippen LogP contribution in [0.1, 0.15) is 5.56 Å². The molecule has 0 aromatic heterocycles. The molecule has 0 saturated heterocycles. The van der Waals surface area contributed by atoms with Crippen molar-refractivity contribution < 1.29 is 8.78 Å². The summed E-state index contributed by atoms with van der Waals surface area (Å²) >= 11 is 5.41. The minimum atomic E-state index is -0.769. The highest BCUT2D eigenvalue weighted by Crippen LogP contribution is 2.20. The predicted octanol–water partition coefficient (Wildman–Crippen LogP) is 1.58. The number of nitrogens with two attached hydrogens (primary N) is 1. The molecule has 3 N–H and O–H groups in total. The summed E-state index contributed by atoms with van der Waals surface area (Å²) in [6.45, 7) is -0.0851. The van der Waals surface area contributed by atoms with E-state index in [9.17, 15) is 8.78 Å². The van der Waals surface area contributed by atoms with Gasteiger partial charge in [-0.2, -0.15) is 0 Å². The lowest BCUT2D eigenvalue weighted by molar-refractivity contribution is 0.540. The molecular formula is C7H7ClF2N2. The lowest BCUT2D eigenvalue weighted by atomic mass is 10.2. The molecular weight excluding hydrogens is 186 g/mol. The van der Waals surface area contributed by atoms with Crippen molar-refractivity contribution in [3.05, 3.63) is 34.4 Å². The van der Waals surface area contributed by atoms with Crippen LogP contribution < -0.4 is 11.3 Å². The van der Waals surface area contributed by atoms with Crippen LogP contribution in [-0.4, -0.2) is 0 Å². The van der Waals surface area contributed by atoms with Gasteiger partial charge < -0.3 is 0 Å². The minimum Gasteiger partial charge on any atom is -0.271 e. The Bertz CT molecular complexity index is 291. The Balaban J connectivity index is 3.14. The zero-order chi connectivity index (χ0) is 9.14. The molecule has 1 rings (SSSR count). The number of hydrazine groups is 1. The van der Waals surface area contributed by atoms with Gasteiger partial charge in [0.15, 0.2) is 0 Å². The molecule has 12 heavy (non-hydrogen) atoms. The van der Waals surface area contributed by atoms with Gasteiger partial charge in [0.1, 0.15) is 11.6 Å². The largest absolute Gasteiger partial charge is 0.271 e. The topological polar surface area (TPSA) is 38.0 Å². The summed E-state index contributed by atoms with van der Waals surface area (Å²) < 4.78 is 25.8. The van der Waals surface area contributed by atoms with Crippen LogP contribution in [0.5, 0.6) is 0 Å². The molecule has 2 nitrogen and oxygen atoms in total. The van der Waals surface area contributed by atoms with Gasteiger partial charge >= 0.3 is 0 Å². The highest BCUT2D eigenvalue weighted by atomic mass is 35.5. The van der Waals surface area contributed by atoms with E-state index in [0.717, 1.165) is 12.1 Å². The minimum absolute atomic E-state index is 0.0851. The average Bonchev–Trinajstić information content (AvgIpc) is 2.06. The number of hydrogen-bond donors (Lipinski definition) is 2. The summed E-state index contributed by atoms with van der Waals surface area (Å²) in [5, 5.41) is -0.110. The summed E-state index contributed by atoms with van der Waals surface area (Å²) in [7, 11) is 0. The van der Waals surface area contributed by atoms with Gasteiger partial charge in [-0.1, -0.05) is 11.6 Å². The molecule has 0 unspecified atom stereocenters. The van der Waals surface area contributed by atoms with Crippen molar-refractivity contribution in [2.24, 2.45) is 5.84 Å². The molecule has 0 radical (unpaired) electrons. The molecule has 66 valence electrons. The van der Waals surface area contributed by atoms with Crippen LogP contribution >= 0.6 is 11.6 Å². The number of nitrogens with one attached hydrogen (secondary N) is 1. The van der Waals surface area contributed by atoms with Crippen LogP contribution in [0, 0.1) is 11.6 Å². The van der Waals surface area contributed by atoms with Crippen LogP contribution in [0.25, 0.3) is 0 Å². The first-order valence-corrected chi connectivity index (χ1v) is 3.60. The lowest BCUT2D eigenvalue weighted by Gasteiger charge is -2.04. The Morgan fingerprint density at radius 3 is 2.67 bits per heavy atom. The van der Waals surface area contributed by atoms with Crippen LogP contribution in [0.15, 0.2) is 12.1 Å². The van der Waals surface area contributed by atoms with Crippen molar-refractivity contribution in [1.29, 1.82) is 0 Å². The van der Waals surface area contributed by atoms with Gasteiger partial charge in [-0.3, -0.25) is 11.3 Å². The summed E-state index contributed by atoms with van der Waals surface area (Å²) in [6, 6.07) is 2.25. The quantitative estimate of drug-likeness (QED) is 0.424. The molecule has 0 fully saturated rings. The van der Waals surface area contributed by atoms with E-state index in [1.165, 1.54) is 0 Å². The molecule has 0 aliphatic carbocycles. The van der Waals surface area contributed by atoms with E-state index in [1.54, 1.807) is 0 Å². The standard InChI is InChI=1S/C7H7ClF2N2/c8-5-1-2-6(9)4(3-12-11)7(5)10/h1-2,12H,3,11H2. The second-order valence-electron chi connectivity index (χ2n) is 2.20. The van der Waals surface area contributed by atoms with Gasteiger partial charge in [0.2, 0.25) is 0 Å². The molecule has 0 amide bonds. The summed E-state index contributed by atoms with van der Waals surface area (Å²) in [6.07, 6.45) is 0. The van der Waals surface area contributed by atoms with Crippen LogP contribution in [0.3, 0.4) is 0 Å². The summed E-state index contributed by atoms with van der Waals surface area (Å²) in [5.74, 6) is 3.50. The Labute approximate surface area is 73.3 Å². The fraction of sp³-hybridized carbons (Fsp3) is 0.143. The van der Waals surface area contributed by atoms with Crippen LogP contribution in [-0.2, 0) is 6.54 Å². The normalized spacial score (nSPS) is 10.3. The van der Waals surface area contributed by atoms with Crippen LogP contribution in [0.2, 0.25) is 5.02 Å². The average molecular weight is 193 g/mol. The number of halogens is 3. The molecule has 0 saturated carbocycles. The van der Waals surface area contributed by atoms with Gasteiger partial charge in [-0.15, -0.1) is 0 Å². The monoisotopic (exact) mass is 192 g/mol. The zero-order valence-corrected chi connectivity index (χ0v) is 6.83. The van der Waals surface area contributed by atoms with E-state index < -0.39 is 11.6 Å². The van der Waals surface area contributed by atoms with E-state index in [4.69, 9.17) is 17.4 Å². The maximum atomic E-state index is 13.0. The Kier molecular flexibility index (Phi) is 2.97. The van der Waals surface area contributed by atoms with Gasteiger partial charge in [-0.25, -0.2) is 8.78 Å². The van der Waals surface area contributed by atoms with Crippen molar-refractivity contribution in [2.75, 3.05) is 0 Å². The van der Waals surface area contributed by atoms with E-state index in [2.05, 4.69) is 5.43 Å². The Morgan fingerprint density at radius 2 is 2.08 bits per heavy atom. The second kappa shape index (κ2) is 3.80. The molecule has 0 heterocycles. The first-order valence-electron chi connectivity index (χ1n) is 3.22. The maximum Gasteiger partial charge on any atom is 0.149 e. The van der Waals surface area contributed by atoms with Crippen molar-refractivity contribution in [3.8, 4) is 0 Å². The fourth-order valence-corrected chi connectivity index (χ4v) is 1.01. The molecule has 5 heteroatoms. The summed E-state index contributed by atoms with van der Waals surface area (Å²) in [4.78, 5) is 0. The van der Waals surface area contributed by atoms with Gasteiger partial charge in [0.25, 0.3) is 0 Å². The second-order valence-corrected chi connectivity index (χ2v) is 2.61. The van der Waals surface area contributed by atoms with Crippen molar-refractivity contribution in [2.45, 2.75) is 6.54 Å². The zero-order valence-electron chi connectivity index (χ0n) is 6.07. The van der Waals surface area contributed by atoms with Gasteiger partial charge in [0, 0.05) is 12.1 Å². The van der Waals surface area contributed by atoms with Gasteiger partial charge in [0.05, 0.1) is 5.02 Å². The first kappa shape index (κ1) is 9.38. The third kappa shape index (κ3) is 1.72. The predicted molar refractivity (Wildman–Crippen MR) is 42.4 cm³/mol. The van der Waals surface area contributed by atoms with E-state index in [0.29, 0.717) is 0 Å². The molecule has 0 atom stereocenters. The van der Waals surface area contributed by atoms with Crippen molar-refractivity contribution in [3.63, 3.8) is 0 Å². The van der Waals surface area contributed by atoms with Gasteiger partial charge in [-0.05, 0) is 12.1 Å². The Morgan fingerprint density at radius 1 is 1.42 bits per heavy atom. The fourth-order valence-electron chi connectivity index (χ4n) is 0.833. The number of rotatable bonds is 2. The lowest BCUT2D eigenvalue weighted by Crippen LogP contribution is -2.22. The highest BCUT2D eigenvalue weighted by molar-refractivity contribution is 6.30. The molecule has 1 aromatic carbocycles. The third-order valence-corrected chi connectivity index (χ3v) is 1.71. The smallest absolute Gasteiger partial charge is 0.149 e. The highest BCUT2D eigenvalue weighted by Gasteiger charge is 2.10. The number of benzene rings is 1. The third-order valence-electron chi connectivity index (χ3n) is 1.42. The van der Waals surface area contributed by atoms with E-state index in [-0.39, 0.29) is 17.1 Å². The summed E-state index contributed by atoms with van der Waals surface area (Å²) in [5.41, 5.74) is 2.01. The first-order chi connectivity index (χ1) is 5.66. The molecule has 0 aliphatic rings. The molecule has 1 aromatic rings. The van der Waals surface area contributed by atoms with Crippen molar-refractivity contribution >= 4 is 11.6 Å². The Hall–Kier alpha value is -0.710. The van der Waals surface area contributed by atoms with E-state index >= 15 is 0 Å². The van der Waals surface area contributed by atoms with Crippen LogP contribution in [0.4, 0.5) is 8.78 Å². The molecule has 0 spiro atoms.